The van der Waals surface area contributed by atoms with Crippen LogP contribution < -0.4 is 0 Å². The number of fused-ring (bicyclic) bond motifs is 5. The van der Waals surface area contributed by atoms with E-state index in [9.17, 15) is 29.4 Å². The van der Waals surface area contributed by atoms with Crippen LogP contribution in [0.25, 0.3) is 0 Å². The van der Waals surface area contributed by atoms with E-state index in [2.05, 4.69) is 11.7 Å². The fourth-order valence-corrected chi connectivity index (χ4v) is 7.83. The minimum Gasteiger partial charge on any atom is -0.469 e. The summed E-state index contributed by atoms with van der Waals surface area (Å²) in [5, 5.41) is 23.1. The molecule has 3 fully saturated rings. The van der Waals surface area contributed by atoms with E-state index in [1.807, 2.05) is 6.92 Å². The van der Waals surface area contributed by atoms with Gasteiger partial charge in [0.2, 0.25) is 0 Å². The highest BCUT2D eigenvalue weighted by Crippen LogP contribution is 2.68. The van der Waals surface area contributed by atoms with Gasteiger partial charge in [0.05, 0.1) is 38.1 Å². The summed E-state index contributed by atoms with van der Waals surface area (Å²) in [4.78, 5) is 47.7. The fourth-order valence-electron chi connectivity index (χ4n) is 7.83. The van der Waals surface area contributed by atoms with Crippen molar-refractivity contribution >= 4 is 23.7 Å². The number of ether oxygens (including phenoxy) is 2. The van der Waals surface area contributed by atoms with Crippen molar-refractivity contribution in [3.63, 3.8) is 0 Å². The Balaban J connectivity index is 1.49. The van der Waals surface area contributed by atoms with Crippen LogP contribution in [0.4, 0.5) is 0 Å². The lowest BCUT2D eigenvalue weighted by Crippen LogP contribution is -2.60. The van der Waals surface area contributed by atoms with Crippen LogP contribution in [0.5, 0.6) is 0 Å². The second-order valence-electron chi connectivity index (χ2n) is 11.2. The Morgan fingerprint density at radius 1 is 1.06 bits per heavy atom. The van der Waals surface area contributed by atoms with Crippen molar-refractivity contribution in [2.24, 2.45) is 28.6 Å². The molecule has 0 radical (unpaired) electrons. The quantitative estimate of drug-likeness (QED) is 0.458. The van der Waals surface area contributed by atoms with Crippen molar-refractivity contribution in [1.82, 2.24) is 0 Å². The van der Waals surface area contributed by atoms with Crippen LogP contribution in [0.15, 0.2) is 11.6 Å². The molecule has 0 aromatic heterocycles. The number of aliphatic hydroxyl groups is 2. The van der Waals surface area contributed by atoms with Gasteiger partial charge in [0.25, 0.3) is 0 Å². The first-order valence-electron chi connectivity index (χ1n) is 12.4. The molecule has 2 N–H and O–H groups in total. The Morgan fingerprint density at radius 3 is 2.47 bits per heavy atom. The molecule has 4 aliphatic carbocycles. The van der Waals surface area contributed by atoms with Gasteiger partial charge in [0, 0.05) is 11.8 Å². The minimum absolute atomic E-state index is 0.0212. The smallest absolute Gasteiger partial charge is 0.316 e. The third kappa shape index (κ3) is 4.02. The standard InChI is InChI=1S/C26H36O8/c1-24-10-8-16(27)12-15(24)4-5-17-18-9-11-26(32,25(18,2)13-19(28)23(17)24)14-22(31)34-21(30)7-6-20(29)33-3/h12,17-19,23,28,32H,4-11,13-14H2,1-3H3/t17-,18-,19-,23+,24-,25-,26-/m0/s1. The second-order valence-corrected chi connectivity index (χ2v) is 11.2. The van der Waals surface area contributed by atoms with E-state index >= 15 is 0 Å². The van der Waals surface area contributed by atoms with Crippen molar-refractivity contribution in [3.05, 3.63) is 11.6 Å². The van der Waals surface area contributed by atoms with E-state index in [-0.39, 0.29) is 48.2 Å². The fraction of sp³-hybridized carbons (Fsp3) is 0.769. The van der Waals surface area contributed by atoms with E-state index in [4.69, 9.17) is 4.74 Å². The first-order chi connectivity index (χ1) is 15.9. The van der Waals surface area contributed by atoms with Crippen molar-refractivity contribution in [1.29, 1.82) is 0 Å². The first-order valence-corrected chi connectivity index (χ1v) is 12.4. The van der Waals surface area contributed by atoms with Gasteiger partial charge >= 0.3 is 17.9 Å². The number of carbonyl (C=O) groups is 4. The lowest BCUT2D eigenvalue weighted by molar-refractivity contribution is -0.184. The van der Waals surface area contributed by atoms with Crippen LogP contribution in [0, 0.1) is 28.6 Å². The van der Waals surface area contributed by atoms with Gasteiger partial charge < -0.3 is 19.7 Å². The molecular weight excluding hydrogens is 440 g/mol. The summed E-state index contributed by atoms with van der Waals surface area (Å²) in [5.74, 6) is -1.71. The average Bonchev–Trinajstić information content (AvgIpc) is 3.01. The zero-order valence-electron chi connectivity index (χ0n) is 20.3. The SMILES string of the molecule is COC(=O)CCC(=O)OC(=O)C[C@@]1(O)CC[C@H]2[C@@H]3CCC4=CC(=O)CC[C@]4(C)[C@H]3[C@@H](O)C[C@@]21C. The molecule has 0 aromatic carbocycles. The topological polar surface area (TPSA) is 127 Å². The molecule has 0 aliphatic heterocycles. The number of allylic oxidation sites excluding steroid dienone is 1. The molecule has 0 saturated heterocycles. The normalized spacial score (nSPS) is 41.0. The van der Waals surface area contributed by atoms with Crippen LogP contribution in [0.3, 0.4) is 0 Å². The number of esters is 3. The maximum absolute atomic E-state index is 12.6. The molecule has 4 aliphatic rings. The number of methoxy groups -OCH3 is 1. The molecule has 0 amide bonds. The third-order valence-electron chi connectivity index (χ3n) is 9.64. The largest absolute Gasteiger partial charge is 0.469 e. The maximum atomic E-state index is 12.6. The predicted octanol–water partition coefficient (Wildman–Crippen LogP) is 2.63. The Morgan fingerprint density at radius 2 is 1.76 bits per heavy atom. The summed E-state index contributed by atoms with van der Waals surface area (Å²) in [6.45, 7) is 4.13. The van der Waals surface area contributed by atoms with Crippen LogP contribution >= 0.6 is 0 Å². The lowest BCUT2D eigenvalue weighted by atomic mass is 9.45. The van der Waals surface area contributed by atoms with E-state index in [1.54, 1.807) is 6.08 Å². The van der Waals surface area contributed by atoms with Gasteiger partial charge in [-0.2, -0.15) is 0 Å². The molecule has 0 bridgehead atoms. The summed E-state index contributed by atoms with van der Waals surface area (Å²) in [6.07, 6.45) is 4.75. The summed E-state index contributed by atoms with van der Waals surface area (Å²) in [7, 11) is 1.21. The van der Waals surface area contributed by atoms with Crippen molar-refractivity contribution in [2.75, 3.05) is 7.11 Å². The van der Waals surface area contributed by atoms with Crippen LogP contribution in [0.2, 0.25) is 0 Å². The van der Waals surface area contributed by atoms with Gasteiger partial charge in [0.15, 0.2) is 5.78 Å². The number of aliphatic hydroxyl groups excluding tert-OH is 1. The number of hydrogen-bond donors (Lipinski definition) is 2. The highest BCUT2D eigenvalue weighted by Gasteiger charge is 2.66. The predicted molar refractivity (Wildman–Crippen MR) is 120 cm³/mol. The Hall–Kier alpha value is -2.06. The second kappa shape index (κ2) is 8.86. The number of rotatable bonds is 5. The minimum atomic E-state index is -1.39. The summed E-state index contributed by atoms with van der Waals surface area (Å²) < 4.78 is 9.36. The highest BCUT2D eigenvalue weighted by atomic mass is 16.6. The molecule has 34 heavy (non-hydrogen) atoms. The third-order valence-corrected chi connectivity index (χ3v) is 9.64. The molecule has 7 atom stereocenters. The van der Waals surface area contributed by atoms with Gasteiger partial charge in [0.1, 0.15) is 0 Å². The number of hydrogen-bond acceptors (Lipinski definition) is 8. The highest BCUT2D eigenvalue weighted by molar-refractivity contribution is 5.91. The maximum Gasteiger partial charge on any atom is 0.316 e. The van der Waals surface area contributed by atoms with E-state index in [0.717, 1.165) is 31.3 Å². The van der Waals surface area contributed by atoms with Crippen molar-refractivity contribution in [3.8, 4) is 0 Å². The molecule has 8 nitrogen and oxygen atoms in total. The van der Waals surface area contributed by atoms with Gasteiger partial charge in [-0.15, -0.1) is 0 Å². The summed E-state index contributed by atoms with van der Waals surface area (Å²) >= 11 is 0. The lowest BCUT2D eigenvalue weighted by Gasteiger charge is -2.60. The van der Waals surface area contributed by atoms with E-state index in [0.29, 0.717) is 19.3 Å². The van der Waals surface area contributed by atoms with Crippen molar-refractivity contribution in [2.45, 2.75) is 89.8 Å². The molecule has 0 aromatic rings. The molecule has 0 unspecified atom stereocenters. The zero-order valence-corrected chi connectivity index (χ0v) is 20.3. The molecule has 0 spiro atoms. The molecule has 8 heteroatoms. The van der Waals surface area contributed by atoms with E-state index in [1.165, 1.54) is 7.11 Å². The molecule has 4 rings (SSSR count). The van der Waals surface area contributed by atoms with Crippen LogP contribution in [-0.4, -0.2) is 52.7 Å². The number of ketones is 1. The Kier molecular flexibility index (Phi) is 6.53. The van der Waals surface area contributed by atoms with Gasteiger partial charge in [-0.05, 0) is 67.8 Å². The molecule has 0 heterocycles. The van der Waals surface area contributed by atoms with Gasteiger partial charge in [-0.3, -0.25) is 19.2 Å². The Bertz CT molecular complexity index is 924. The zero-order chi connectivity index (χ0) is 24.9. The van der Waals surface area contributed by atoms with Gasteiger partial charge in [-0.25, -0.2) is 0 Å². The average molecular weight is 477 g/mol. The summed E-state index contributed by atoms with van der Waals surface area (Å²) in [5.41, 5.74) is -1.15. The van der Waals surface area contributed by atoms with Crippen LogP contribution in [0.1, 0.15) is 78.1 Å². The molecule has 3 saturated carbocycles. The van der Waals surface area contributed by atoms with E-state index < -0.39 is 35.0 Å². The first kappa shape index (κ1) is 25.0. The van der Waals surface area contributed by atoms with Crippen LogP contribution in [-0.2, 0) is 28.7 Å². The molecule has 188 valence electrons. The molecular formula is C26H36O8. The Labute approximate surface area is 200 Å². The number of carbonyl (C=O) groups excluding carboxylic acids is 4. The van der Waals surface area contributed by atoms with Crippen molar-refractivity contribution < 1.29 is 38.9 Å². The monoisotopic (exact) mass is 476 g/mol. The van der Waals surface area contributed by atoms with Gasteiger partial charge in [-0.1, -0.05) is 19.4 Å². The summed E-state index contributed by atoms with van der Waals surface area (Å²) in [6, 6.07) is 0.